The van der Waals surface area contributed by atoms with Crippen LogP contribution in [0.4, 0.5) is 0 Å². The topological polar surface area (TPSA) is 85.3 Å². The summed E-state index contributed by atoms with van der Waals surface area (Å²) in [5.74, 6) is -0.187. The lowest BCUT2D eigenvalue weighted by atomic mass is 10.4. The van der Waals surface area contributed by atoms with Crippen LogP contribution in [0.25, 0.3) is 5.65 Å². The van der Waals surface area contributed by atoms with Crippen molar-refractivity contribution in [1.82, 2.24) is 19.7 Å². The van der Waals surface area contributed by atoms with Crippen molar-refractivity contribution in [2.45, 2.75) is 19.9 Å². The quantitative estimate of drug-likeness (QED) is 0.748. The molecule has 3 aromatic rings. The van der Waals surface area contributed by atoms with Gasteiger partial charge in [-0.15, -0.1) is 11.3 Å². The number of hydrogen-bond acceptors (Lipinski definition) is 5. The van der Waals surface area contributed by atoms with Crippen molar-refractivity contribution in [1.29, 1.82) is 0 Å². The normalized spacial score (nSPS) is 11.0. The third kappa shape index (κ3) is 3.00. The third-order valence-electron chi connectivity index (χ3n) is 3.32. The van der Waals surface area contributed by atoms with Crippen LogP contribution in [-0.4, -0.2) is 26.8 Å². The second-order valence-electron chi connectivity index (χ2n) is 4.98. The summed E-state index contributed by atoms with van der Waals surface area (Å²) in [6.07, 6.45) is 2.63. The molecule has 3 aromatic heterocycles. The van der Waals surface area contributed by atoms with Crippen LogP contribution in [0.15, 0.2) is 29.8 Å². The molecule has 1 amide bonds. The van der Waals surface area contributed by atoms with E-state index in [1.54, 1.807) is 5.38 Å². The first kappa shape index (κ1) is 14.7. The lowest BCUT2D eigenvalue weighted by Gasteiger charge is -1.99. The largest absolute Gasteiger partial charge is 0.345 e. The van der Waals surface area contributed by atoms with Crippen LogP contribution in [-0.2, 0) is 13.0 Å². The van der Waals surface area contributed by atoms with Crippen molar-refractivity contribution in [2.24, 2.45) is 5.73 Å². The maximum absolute atomic E-state index is 12.1. The van der Waals surface area contributed by atoms with E-state index in [-0.39, 0.29) is 5.91 Å². The maximum atomic E-state index is 12.1. The zero-order valence-corrected chi connectivity index (χ0v) is 13.1. The average molecular weight is 315 g/mol. The fraction of sp³-hybridized carbons (Fsp3) is 0.267. The molecule has 0 saturated carbocycles. The summed E-state index contributed by atoms with van der Waals surface area (Å²) in [5.41, 5.74) is 8.73. The second-order valence-corrected chi connectivity index (χ2v) is 5.92. The number of amides is 1. The van der Waals surface area contributed by atoms with Gasteiger partial charge in [-0.3, -0.25) is 4.79 Å². The number of fused-ring (bicyclic) bond motifs is 1. The number of imidazole rings is 1. The van der Waals surface area contributed by atoms with Crippen molar-refractivity contribution < 1.29 is 4.79 Å². The number of hydrogen-bond donors (Lipinski definition) is 2. The molecule has 7 heteroatoms. The van der Waals surface area contributed by atoms with E-state index in [0.717, 1.165) is 22.0 Å². The van der Waals surface area contributed by atoms with Gasteiger partial charge in [0.25, 0.3) is 5.91 Å². The summed E-state index contributed by atoms with van der Waals surface area (Å²) < 4.78 is 2.00. The number of thiazole rings is 1. The van der Waals surface area contributed by atoms with Gasteiger partial charge in [-0.05, 0) is 25.6 Å². The molecule has 3 N–H and O–H groups in total. The van der Waals surface area contributed by atoms with E-state index in [1.807, 2.05) is 35.7 Å². The fourth-order valence-corrected chi connectivity index (χ4v) is 2.99. The molecule has 22 heavy (non-hydrogen) atoms. The Morgan fingerprint density at radius 3 is 3.05 bits per heavy atom. The number of nitrogens with zero attached hydrogens (tertiary/aromatic N) is 3. The molecule has 0 atom stereocenters. The Kier molecular flexibility index (Phi) is 4.17. The van der Waals surface area contributed by atoms with E-state index in [1.165, 1.54) is 11.3 Å². The average Bonchev–Trinajstić information content (AvgIpc) is 3.12. The second kappa shape index (κ2) is 6.25. The highest BCUT2D eigenvalue weighted by Gasteiger charge is 2.11. The minimum atomic E-state index is -0.187. The number of pyridine rings is 1. The highest BCUT2D eigenvalue weighted by molar-refractivity contribution is 7.09. The molecule has 0 aliphatic rings. The number of nitrogens with one attached hydrogen (secondary N) is 1. The molecule has 0 radical (unpaired) electrons. The fourth-order valence-electron chi connectivity index (χ4n) is 2.20. The van der Waals surface area contributed by atoms with Gasteiger partial charge >= 0.3 is 0 Å². The molecule has 0 saturated heterocycles. The lowest BCUT2D eigenvalue weighted by Crippen LogP contribution is -2.23. The number of aromatic nitrogens is 3. The monoisotopic (exact) mass is 315 g/mol. The molecule has 0 bridgehead atoms. The smallest absolute Gasteiger partial charge is 0.271 e. The van der Waals surface area contributed by atoms with Crippen LogP contribution in [0, 0.1) is 6.92 Å². The summed E-state index contributed by atoms with van der Waals surface area (Å²) in [4.78, 5) is 20.8. The van der Waals surface area contributed by atoms with Crippen molar-refractivity contribution in [2.75, 3.05) is 6.54 Å². The highest BCUT2D eigenvalue weighted by atomic mass is 32.1. The predicted octanol–water partition coefficient (Wildman–Crippen LogP) is 1.53. The van der Waals surface area contributed by atoms with E-state index in [0.29, 0.717) is 25.2 Å². The van der Waals surface area contributed by atoms with Gasteiger partial charge < -0.3 is 15.5 Å². The summed E-state index contributed by atoms with van der Waals surface area (Å²) in [6, 6.07) is 5.93. The van der Waals surface area contributed by atoms with Gasteiger partial charge in [-0.2, -0.15) is 0 Å². The van der Waals surface area contributed by atoms with Crippen LogP contribution in [0.1, 0.15) is 26.9 Å². The summed E-state index contributed by atoms with van der Waals surface area (Å²) >= 11 is 1.46. The minimum Gasteiger partial charge on any atom is -0.345 e. The number of aryl methyl sites for hydroxylation is 1. The van der Waals surface area contributed by atoms with Crippen LogP contribution in [0.3, 0.4) is 0 Å². The van der Waals surface area contributed by atoms with Gasteiger partial charge in [0, 0.05) is 23.7 Å². The SMILES string of the molecule is Cc1cccc2nc(CNC(=O)c3csc(CCN)n3)cn12. The van der Waals surface area contributed by atoms with Crippen molar-refractivity contribution in [3.63, 3.8) is 0 Å². The summed E-state index contributed by atoms with van der Waals surface area (Å²) in [6.45, 7) is 2.93. The van der Waals surface area contributed by atoms with Crippen molar-refractivity contribution in [3.05, 3.63) is 51.9 Å². The first-order valence-corrected chi connectivity index (χ1v) is 7.91. The molecular weight excluding hydrogens is 298 g/mol. The van der Waals surface area contributed by atoms with E-state index in [9.17, 15) is 4.79 Å². The minimum absolute atomic E-state index is 0.187. The zero-order valence-electron chi connectivity index (χ0n) is 12.2. The van der Waals surface area contributed by atoms with Crippen LogP contribution in [0.5, 0.6) is 0 Å². The number of rotatable bonds is 5. The van der Waals surface area contributed by atoms with Crippen LogP contribution >= 0.6 is 11.3 Å². The van der Waals surface area contributed by atoms with Crippen LogP contribution < -0.4 is 11.1 Å². The zero-order chi connectivity index (χ0) is 15.5. The Bertz CT molecular complexity index is 807. The van der Waals surface area contributed by atoms with Gasteiger partial charge in [0.05, 0.1) is 17.2 Å². The molecule has 0 aromatic carbocycles. The van der Waals surface area contributed by atoms with Crippen molar-refractivity contribution in [3.8, 4) is 0 Å². The Morgan fingerprint density at radius 1 is 1.41 bits per heavy atom. The molecular formula is C15H17N5OS. The molecule has 3 heterocycles. The first-order valence-electron chi connectivity index (χ1n) is 7.03. The number of nitrogens with two attached hydrogens (primary N) is 1. The predicted molar refractivity (Wildman–Crippen MR) is 86.0 cm³/mol. The molecule has 0 aliphatic heterocycles. The summed E-state index contributed by atoms with van der Waals surface area (Å²) in [5, 5.41) is 5.49. The summed E-state index contributed by atoms with van der Waals surface area (Å²) in [7, 11) is 0. The van der Waals surface area contributed by atoms with E-state index >= 15 is 0 Å². The molecule has 0 unspecified atom stereocenters. The molecule has 6 nitrogen and oxygen atoms in total. The Labute approximate surface area is 132 Å². The lowest BCUT2D eigenvalue weighted by molar-refractivity contribution is 0.0946. The number of carbonyl (C=O) groups is 1. The van der Waals surface area contributed by atoms with Gasteiger partial charge in [0.1, 0.15) is 11.3 Å². The highest BCUT2D eigenvalue weighted by Crippen LogP contribution is 2.11. The van der Waals surface area contributed by atoms with Gasteiger partial charge in [-0.1, -0.05) is 6.07 Å². The van der Waals surface area contributed by atoms with Gasteiger partial charge in [0.15, 0.2) is 0 Å². The Morgan fingerprint density at radius 2 is 2.27 bits per heavy atom. The first-order chi connectivity index (χ1) is 10.7. The van der Waals surface area contributed by atoms with E-state index in [2.05, 4.69) is 15.3 Å². The molecule has 0 aliphatic carbocycles. The van der Waals surface area contributed by atoms with Gasteiger partial charge in [0.2, 0.25) is 0 Å². The maximum Gasteiger partial charge on any atom is 0.271 e. The molecule has 0 fully saturated rings. The third-order valence-corrected chi connectivity index (χ3v) is 4.23. The molecule has 0 spiro atoms. The van der Waals surface area contributed by atoms with Gasteiger partial charge in [-0.25, -0.2) is 9.97 Å². The molecule has 114 valence electrons. The Hall–Kier alpha value is -2.25. The van der Waals surface area contributed by atoms with E-state index in [4.69, 9.17) is 5.73 Å². The Balaban J connectivity index is 1.67. The number of carbonyl (C=O) groups excluding carboxylic acids is 1. The van der Waals surface area contributed by atoms with Crippen LogP contribution in [0.2, 0.25) is 0 Å². The van der Waals surface area contributed by atoms with E-state index < -0.39 is 0 Å². The standard InChI is InChI=1S/C15H17N5OS/c1-10-3-2-4-13-18-11(8-20(10)13)7-17-15(21)12-9-22-14(19-12)5-6-16/h2-4,8-9H,5-7,16H2,1H3,(H,17,21). The molecule has 3 rings (SSSR count). The van der Waals surface area contributed by atoms with Crippen molar-refractivity contribution >= 4 is 22.9 Å².